The molecule has 1 aliphatic carbocycles. The van der Waals surface area contributed by atoms with Gasteiger partial charge in [-0.2, -0.15) is 0 Å². The van der Waals surface area contributed by atoms with Crippen LogP contribution >= 0.6 is 0 Å². The van der Waals surface area contributed by atoms with E-state index in [4.69, 9.17) is 5.11 Å². The van der Waals surface area contributed by atoms with Crippen LogP contribution in [0.3, 0.4) is 0 Å². The molecule has 0 radical (unpaired) electrons. The normalized spacial score (nSPS) is 20.3. The fourth-order valence-corrected chi connectivity index (χ4v) is 10.8. The van der Waals surface area contributed by atoms with Crippen molar-refractivity contribution in [1.82, 2.24) is 67.9 Å². The Kier molecular flexibility index (Phi) is 24.8. The molecule has 0 aromatic carbocycles. The van der Waals surface area contributed by atoms with E-state index in [1.54, 1.807) is 27.7 Å². The zero-order chi connectivity index (χ0) is 65.6. The first-order valence-electron chi connectivity index (χ1n) is 30.6. The van der Waals surface area contributed by atoms with Gasteiger partial charge < -0.3 is 73.0 Å². The molecule has 0 aromatic heterocycles. The molecule has 28 nitrogen and oxygen atoms in total. The Morgan fingerprint density at radius 3 is 1.46 bits per heavy atom. The average molecular weight is 1230 g/mol. The molecule has 4 fully saturated rings. The lowest BCUT2D eigenvalue weighted by Gasteiger charge is -2.42. The standard InChI is InChI=1S/C59H97N13O15/c1-14-57(12,69-50(84)58(13,15-2)67-47(81)40-24-18-21-31-72(40)52(86)55(8,9)66-45(79)38-22-16-19-29-70(38)36(5)73)49(83)63-37(32-35(3)4)44(78)60-28-25-41(74)61-33-42(75)64-59(26-27-59)51(85)68-56(10,11)53(87)71-30-20-17-23-39(71)46(80)65-54(6,7)48(82)62-34-43(76)77/h35,37-40H,14-34H2,1-13H3,(H,60,78)(H,61,74)(H,62,82)(H,63,83)(H,64,75)(H,65,80)(H,66,79)(H,67,81)(H,68,85)(H,69,84)(H,76,77). The minimum absolute atomic E-state index is 0.0628. The average Bonchev–Trinajstić information content (AvgIpc) is 2.04. The van der Waals surface area contributed by atoms with Crippen LogP contribution in [0.25, 0.3) is 0 Å². The number of amides is 13. The summed E-state index contributed by atoms with van der Waals surface area (Å²) in [5, 5.41) is 35.5. The Labute approximate surface area is 510 Å². The van der Waals surface area contributed by atoms with E-state index in [-0.39, 0.29) is 82.8 Å². The predicted molar refractivity (Wildman–Crippen MR) is 317 cm³/mol. The Hall–Kier alpha value is -7.42. The van der Waals surface area contributed by atoms with Crippen molar-refractivity contribution in [3.63, 3.8) is 0 Å². The molecule has 3 aliphatic heterocycles. The molecule has 6 atom stereocenters. The number of likely N-dealkylation sites (tertiary alicyclic amines) is 3. The van der Waals surface area contributed by atoms with Crippen LogP contribution in [0.4, 0.5) is 0 Å². The second-order valence-corrected chi connectivity index (χ2v) is 26.0. The molecule has 0 bridgehead atoms. The van der Waals surface area contributed by atoms with Gasteiger partial charge >= 0.3 is 5.97 Å². The summed E-state index contributed by atoms with van der Waals surface area (Å²) in [5.74, 6) is -9.13. The zero-order valence-electron chi connectivity index (χ0n) is 53.2. The van der Waals surface area contributed by atoms with Crippen molar-refractivity contribution < 1.29 is 72.2 Å². The number of nitrogens with zero attached hydrogens (tertiary/aromatic N) is 3. The summed E-state index contributed by atoms with van der Waals surface area (Å²) in [7, 11) is 0. The van der Waals surface area contributed by atoms with E-state index in [2.05, 4.69) is 53.2 Å². The van der Waals surface area contributed by atoms with Gasteiger partial charge in [0.15, 0.2) is 0 Å². The number of carboxylic acids is 1. The number of hydrogen-bond donors (Lipinski definition) is 11. The number of hydrogen-bond acceptors (Lipinski definition) is 14. The minimum Gasteiger partial charge on any atom is -0.480 e. The second-order valence-electron chi connectivity index (χ2n) is 26.0. The lowest BCUT2D eigenvalue weighted by Crippen LogP contribution is -2.68. The van der Waals surface area contributed by atoms with Gasteiger partial charge in [0.25, 0.3) is 0 Å². The first-order valence-corrected chi connectivity index (χ1v) is 30.6. The van der Waals surface area contributed by atoms with Gasteiger partial charge in [0, 0.05) is 39.5 Å². The van der Waals surface area contributed by atoms with E-state index in [1.165, 1.54) is 63.2 Å². The molecule has 0 aromatic rings. The zero-order valence-corrected chi connectivity index (χ0v) is 53.2. The van der Waals surface area contributed by atoms with E-state index in [0.29, 0.717) is 38.6 Å². The number of piperidine rings is 3. The maximum absolute atomic E-state index is 14.3. The summed E-state index contributed by atoms with van der Waals surface area (Å²) in [6.45, 7) is 19.7. The molecule has 0 spiro atoms. The number of carboxylic acid groups (broad SMARTS) is 1. The lowest BCUT2D eigenvalue weighted by atomic mass is 9.90. The summed E-state index contributed by atoms with van der Waals surface area (Å²) in [6.07, 6.45) is 5.40. The summed E-state index contributed by atoms with van der Waals surface area (Å²) in [4.78, 5) is 191. The van der Waals surface area contributed by atoms with Crippen LogP contribution in [0.15, 0.2) is 0 Å². The largest absolute Gasteiger partial charge is 0.480 e. The van der Waals surface area contributed by atoms with Crippen LogP contribution in [0.5, 0.6) is 0 Å². The third-order valence-electron chi connectivity index (χ3n) is 16.9. The van der Waals surface area contributed by atoms with E-state index in [1.807, 2.05) is 13.8 Å². The van der Waals surface area contributed by atoms with Gasteiger partial charge in [-0.3, -0.25) is 67.1 Å². The third-order valence-corrected chi connectivity index (χ3v) is 16.9. The number of nitrogens with one attached hydrogen (secondary N) is 10. The van der Waals surface area contributed by atoms with Crippen molar-refractivity contribution in [2.45, 2.75) is 244 Å². The van der Waals surface area contributed by atoms with Crippen molar-refractivity contribution >= 4 is 82.8 Å². The molecule has 1 saturated carbocycles. The highest BCUT2D eigenvalue weighted by atomic mass is 16.4. The SMILES string of the molecule is CCC(C)(NC(=O)C1CCCCN1C(=O)C(C)(C)NC(=O)C1CCCCN1C(C)=O)C(=O)NC(C)(CC)C(=O)NC(CC(C)C)C(=O)NCCC(=O)NCC(=O)NC1(C(=O)NC(C)(C)C(=O)N2CCCCC2C(=O)NC(C)(C)C(=O)NCC(=O)O)CC1. The summed E-state index contributed by atoms with van der Waals surface area (Å²) in [6, 6.07) is -3.83. The molecule has 4 rings (SSSR count). The third kappa shape index (κ3) is 19.3. The second kappa shape index (κ2) is 30.0. The van der Waals surface area contributed by atoms with Gasteiger partial charge in [-0.1, -0.05) is 27.7 Å². The maximum Gasteiger partial charge on any atom is 0.322 e. The van der Waals surface area contributed by atoms with Crippen LogP contribution in [-0.2, 0) is 67.1 Å². The van der Waals surface area contributed by atoms with Crippen molar-refractivity contribution in [1.29, 1.82) is 0 Å². The van der Waals surface area contributed by atoms with Gasteiger partial charge in [-0.25, -0.2) is 0 Å². The van der Waals surface area contributed by atoms with Gasteiger partial charge in [-0.15, -0.1) is 0 Å². The van der Waals surface area contributed by atoms with Gasteiger partial charge in [0.05, 0.1) is 6.54 Å². The van der Waals surface area contributed by atoms with E-state index in [0.717, 1.165) is 12.8 Å². The quantitative estimate of drug-likeness (QED) is 0.0466. The predicted octanol–water partition coefficient (Wildman–Crippen LogP) is -0.593. The molecular weight excluding hydrogens is 1130 g/mol. The van der Waals surface area contributed by atoms with Gasteiger partial charge in [-0.05, 0) is 151 Å². The number of carbonyl (C=O) groups is 14. The molecule has 28 heteroatoms. The van der Waals surface area contributed by atoms with Crippen molar-refractivity contribution in [2.75, 3.05) is 39.3 Å². The number of aliphatic carboxylic acids is 1. The highest BCUT2D eigenvalue weighted by Crippen LogP contribution is 2.36. The Morgan fingerprint density at radius 2 is 0.989 bits per heavy atom. The van der Waals surface area contributed by atoms with Gasteiger partial charge in [0.2, 0.25) is 76.8 Å². The molecule has 87 heavy (non-hydrogen) atoms. The fraction of sp³-hybridized carbons (Fsp3) is 0.763. The van der Waals surface area contributed by atoms with Crippen LogP contribution in [0.2, 0.25) is 0 Å². The van der Waals surface area contributed by atoms with Crippen LogP contribution in [0.1, 0.15) is 186 Å². The molecule has 3 heterocycles. The molecule has 6 unspecified atom stereocenters. The van der Waals surface area contributed by atoms with Crippen LogP contribution < -0.4 is 53.2 Å². The Morgan fingerprint density at radius 1 is 0.529 bits per heavy atom. The number of carbonyl (C=O) groups excluding carboxylic acids is 13. The molecular formula is C59H97N13O15. The monoisotopic (exact) mass is 1230 g/mol. The van der Waals surface area contributed by atoms with Crippen LogP contribution in [0, 0.1) is 5.92 Å². The topological polar surface area (TPSA) is 389 Å². The summed E-state index contributed by atoms with van der Waals surface area (Å²) >= 11 is 0. The first-order chi connectivity index (χ1) is 40.4. The highest BCUT2D eigenvalue weighted by molar-refractivity contribution is 6.02. The van der Waals surface area contributed by atoms with Crippen molar-refractivity contribution in [3.8, 4) is 0 Å². The smallest absolute Gasteiger partial charge is 0.322 e. The molecule has 488 valence electrons. The van der Waals surface area contributed by atoms with Crippen molar-refractivity contribution in [2.24, 2.45) is 5.92 Å². The minimum atomic E-state index is -1.60. The van der Waals surface area contributed by atoms with E-state index in [9.17, 15) is 67.1 Å². The lowest BCUT2D eigenvalue weighted by molar-refractivity contribution is -0.151. The van der Waals surface area contributed by atoms with E-state index >= 15 is 0 Å². The molecule has 11 N–H and O–H groups in total. The van der Waals surface area contributed by atoms with Crippen LogP contribution in [-0.4, -0.2) is 199 Å². The fourth-order valence-electron chi connectivity index (χ4n) is 10.8. The summed E-state index contributed by atoms with van der Waals surface area (Å²) in [5.41, 5.74) is -9.09. The number of rotatable bonds is 28. The highest BCUT2D eigenvalue weighted by Gasteiger charge is 2.54. The van der Waals surface area contributed by atoms with Gasteiger partial charge in [0.1, 0.15) is 63.9 Å². The maximum atomic E-state index is 14.3. The Bertz CT molecular complexity index is 2640. The molecule has 3 saturated heterocycles. The van der Waals surface area contributed by atoms with Crippen molar-refractivity contribution in [3.05, 3.63) is 0 Å². The van der Waals surface area contributed by atoms with E-state index < -0.39 is 147 Å². The first kappa shape index (κ1) is 72.1. The Balaban J connectivity index is 1.29. The summed E-state index contributed by atoms with van der Waals surface area (Å²) < 4.78 is 0. The molecule has 4 aliphatic rings. The molecule has 13 amide bonds.